The summed E-state index contributed by atoms with van der Waals surface area (Å²) in [5.74, 6) is -0.688. The number of carbonyl (C=O) groups excluding carboxylic acids is 2. The first-order chi connectivity index (χ1) is 16.1. The molecule has 4 nitrogen and oxygen atoms in total. The Hall–Kier alpha value is -1.67. The van der Waals surface area contributed by atoms with Gasteiger partial charge in [0.15, 0.2) is 6.29 Å². The van der Waals surface area contributed by atoms with Crippen LogP contribution in [0.5, 0.6) is 0 Å². The first-order valence-corrected chi connectivity index (χ1v) is 13.1. The number of anilines is 1. The lowest BCUT2D eigenvalue weighted by Gasteiger charge is -2.31. The van der Waals surface area contributed by atoms with Crippen molar-refractivity contribution in [1.82, 2.24) is 0 Å². The summed E-state index contributed by atoms with van der Waals surface area (Å²) in [6, 6.07) is 1.84. The van der Waals surface area contributed by atoms with Crippen molar-refractivity contribution in [2.45, 2.75) is 83.9 Å². The number of allylic oxidation sites excluding steroid dienone is 2. The molecular formula is C26H36F3NO3S. The highest BCUT2D eigenvalue weighted by Gasteiger charge is 2.40. The molecule has 0 spiro atoms. The van der Waals surface area contributed by atoms with Gasteiger partial charge in [-0.1, -0.05) is 13.0 Å². The van der Waals surface area contributed by atoms with Crippen molar-refractivity contribution < 1.29 is 27.5 Å². The molecule has 1 amide bonds. The Kier molecular flexibility index (Phi) is 9.38. The average molecular weight is 500 g/mol. The molecule has 2 unspecified atom stereocenters. The maximum absolute atomic E-state index is 13.6. The zero-order chi connectivity index (χ0) is 24.9. The summed E-state index contributed by atoms with van der Waals surface area (Å²) in [6.07, 6.45) is 3.92. The van der Waals surface area contributed by atoms with E-state index in [4.69, 9.17) is 4.74 Å². The van der Waals surface area contributed by atoms with Crippen LogP contribution in [0.15, 0.2) is 12.1 Å². The number of alkyl halides is 3. The van der Waals surface area contributed by atoms with Crippen LogP contribution in [0.25, 0.3) is 5.57 Å². The van der Waals surface area contributed by atoms with Crippen molar-refractivity contribution in [3.05, 3.63) is 21.9 Å². The molecule has 0 aliphatic heterocycles. The standard InChI is InChI=1S/C26H36F3NO3S/c1-17-6-8-20(9-7-17)25(32)30(14-4-5-18(2)33-3)22-15-23(34-24(22)16-31)19-10-12-21(13-11-19)26(27,28)29/h10,15-18,20-21H,4-9,11-14H2,1-3H3. The van der Waals surface area contributed by atoms with E-state index in [0.717, 1.165) is 55.3 Å². The molecule has 34 heavy (non-hydrogen) atoms. The van der Waals surface area contributed by atoms with Crippen LogP contribution in [0.4, 0.5) is 18.9 Å². The molecule has 0 aromatic carbocycles. The number of methoxy groups -OCH3 is 1. The second kappa shape index (κ2) is 11.8. The number of carbonyl (C=O) groups is 2. The van der Waals surface area contributed by atoms with Gasteiger partial charge in [0.25, 0.3) is 0 Å². The van der Waals surface area contributed by atoms with Crippen molar-refractivity contribution in [2.75, 3.05) is 18.6 Å². The van der Waals surface area contributed by atoms with Crippen LogP contribution in [0.3, 0.4) is 0 Å². The van der Waals surface area contributed by atoms with Gasteiger partial charge in [0, 0.05) is 24.4 Å². The molecule has 190 valence electrons. The smallest absolute Gasteiger partial charge is 0.382 e. The molecule has 1 heterocycles. The first-order valence-electron chi connectivity index (χ1n) is 12.3. The third kappa shape index (κ3) is 6.72. The van der Waals surface area contributed by atoms with E-state index < -0.39 is 12.1 Å². The van der Waals surface area contributed by atoms with Crippen LogP contribution in [0.2, 0.25) is 0 Å². The molecular weight excluding hydrogens is 463 g/mol. The third-order valence-corrected chi connectivity index (χ3v) is 8.48. The predicted octanol–water partition coefficient (Wildman–Crippen LogP) is 7.28. The summed E-state index contributed by atoms with van der Waals surface area (Å²) < 4.78 is 44.5. The number of aldehydes is 1. The first kappa shape index (κ1) is 26.9. The monoisotopic (exact) mass is 499 g/mol. The molecule has 1 fully saturated rings. The fourth-order valence-corrected chi connectivity index (χ4v) is 5.98. The second-order valence-corrected chi connectivity index (χ2v) is 10.9. The van der Waals surface area contributed by atoms with Gasteiger partial charge in [-0.25, -0.2) is 0 Å². The maximum atomic E-state index is 13.6. The molecule has 2 atom stereocenters. The molecule has 2 aliphatic rings. The van der Waals surface area contributed by atoms with Gasteiger partial charge >= 0.3 is 6.18 Å². The van der Waals surface area contributed by atoms with Gasteiger partial charge in [-0.2, -0.15) is 13.2 Å². The number of hydrogen-bond donors (Lipinski definition) is 0. The summed E-state index contributed by atoms with van der Waals surface area (Å²) in [5.41, 5.74) is 1.44. The molecule has 3 rings (SSSR count). The number of hydrogen-bond acceptors (Lipinski definition) is 4. The van der Waals surface area contributed by atoms with Crippen molar-refractivity contribution in [2.24, 2.45) is 17.8 Å². The topological polar surface area (TPSA) is 46.6 Å². The molecule has 8 heteroatoms. The molecule has 0 bridgehead atoms. The highest BCUT2D eigenvalue weighted by molar-refractivity contribution is 7.15. The predicted molar refractivity (Wildman–Crippen MR) is 130 cm³/mol. The number of thiophene rings is 1. The SMILES string of the molecule is COC(C)CCCN(C(=O)C1CCC(C)CC1)c1cc(C2=CCC(C(F)(F)F)CC2)sc1C=O. The van der Waals surface area contributed by atoms with Crippen molar-refractivity contribution in [3.63, 3.8) is 0 Å². The minimum Gasteiger partial charge on any atom is -0.382 e. The lowest BCUT2D eigenvalue weighted by molar-refractivity contribution is -0.175. The van der Waals surface area contributed by atoms with Crippen LogP contribution < -0.4 is 4.90 Å². The highest BCUT2D eigenvalue weighted by atomic mass is 32.1. The second-order valence-electron chi connectivity index (χ2n) is 9.86. The fourth-order valence-electron chi connectivity index (χ4n) is 4.94. The Balaban J connectivity index is 1.84. The molecule has 2 aliphatic carbocycles. The maximum Gasteiger partial charge on any atom is 0.392 e. The van der Waals surface area contributed by atoms with Crippen LogP contribution >= 0.6 is 11.3 Å². The largest absolute Gasteiger partial charge is 0.392 e. The third-order valence-electron chi connectivity index (χ3n) is 7.35. The average Bonchev–Trinajstić information content (AvgIpc) is 3.25. The fraction of sp³-hybridized carbons (Fsp3) is 0.692. The van der Waals surface area contributed by atoms with Crippen LogP contribution in [0.1, 0.15) is 86.2 Å². The number of rotatable bonds is 9. The Morgan fingerprint density at radius 1 is 1.26 bits per heavy atom. The molecule has 0 radical (unpaired) electrons. The van der Waals surface area contributed by atoms with E-state index in [2.05, 4.69) is 6.92 Å². The summed E-state index contributed by atoms with van der Waals surface area (Å²) in [7, 11) is 1.66. The number of halogens is 3. The number of ether oxygens (including phenoxy) is 1. The van der Waals surface area contributed by atoms with Crippen LogP contribution in [-0.4, -0.2) is 38.1 Å². The van der Waals surface area contributed by atoms with E-state index in [9.17, 15) is 22.8 Å². The Labute approximate surface area is 204 Å². The minimum absolute atomic E-state index is 0.0414. The van der Waals surface area contributed by atoms with Crippen LogP contribution in [-0.2, 0) is 9.53 Å². The van der Waals surface area contributed by atoms with Crippen LogP contribution in [0, 0.1) is 17.8 Å². The zero-order valence-electron chi connectivity index (χ0n) is 20.3. The van der Waals surface area contributed by atoms with Gasteiger partial charge in [0.1, 0.15) is 0 Å². The van der Waals surface area contributed by atoms with Gasteiger partial charge < -0.3 is 9.64 Å². The van der Waals surface area contributed by atoms with Gasteiger partial charge in [0.05, 0.1) is 22.6 Å². The van der Waals surface area contributed by atoms with E-state index in [0.29, 0.717) is 29.4 Å². The minimum atomic E-state index is -4.18. The van der Waals surface area contributed by atoms with Crippen molar-refractivity contribution in [3.8, 4) is 0 Å². The number of nitrogens with zero attached hydrogens (tertiary/aromatic N) is 1. The molecule has 1 saturated carbocycles. The van der Waals surface area contributed by atoms with E-state index in [-0.39, 0.29) is 30.8 Å². The number of amides is 1. The Morgan fingerprint density at radius 3 is 2.53 bits per heavy atom. The molecule has 0 N–H and O–H groups in total. The lowest BCUT2D eigenvalue weighted by atomic mass is 9.82. The van der Waals surface area contributed by atoms with E-state index in [1.165, 1.54) is 11.3 Å². The summed E-state index contributed by atoms with van der Waals surface area (Å²) in [5, 5.41) is 0. The molecule has 0 saturated heterocycles. The Morgan fingerprint density at radius 2 is 1.97 bits per heavy atom. The summed E-state index contributed by atoms with van der Waals surface area (Å²) in [4.78, 5) is 28.6. The summed E-state index contributed by atoms with van der Waals surface area (Å²) in [6.45, 7) is 4.68. The van der Waals surface area contributed by atoms with Gasteiger partial charge in [-0.05, 0) is 82.3 Å². The van der Waals surface area contributed by atoms with E-state index in [1.54, 1.807) is 18.1 Å². The van der Waals surface area contributed by atoms with Gasteiger partial charge in [-0.15, -0.1) is 11.3 Å². The van der Waals surface area contributed by atoms with Gasteiger partial charge in [0.2, 0.25) is 5.91 Å². The zero-order valence-corrected chi connectivity index (χ0v) is 21.1. The van der Waals surface area contributed by atoms with E-state index >= 15 is 0 Å². The van der Waals surface area contributed by atoms with Gasteiger partial charge in [-0.3, -0.25) is 9.59 Å². The lowest BCUT2D eigenvalue weighted by Crippen LogP contribution is -2.39. The van der Waals surface area contributed by atoms with E-state index in [1.807, 2.05) is 13.0 Å². The quantitative estimate of drug-likeness (QED) is 0.335. The molecule has 1 aromatic rings. The molecule has 1 aromatic heterocycles. The van der Waals surface area contributed by atoms with Crippen molar-refractivity contribution in [1.29, 1.82) is 0 Å². The van der Waals surface area contributed by atoms with Crippen molar-refractivity contribution >= 4 is 34.8 Å². The Bertz CT molecular complexity index is 871. The summed E-state index contributed by atoms with van der Waals surface area (Å²) >= 11 is 1.28. The highest BCUT2D eigenvalue weighted by Crippen LogP contribution is 2.43. The normalized spacial score (nSPS) is 24.4.